The summed E-state index contributed by atoms with van der Waals surface area (Å²) in [6, 6.07) is 5.35. The molecule has 0 spiro atoms. The van der Waals surface area contributed by atoms with Crippen LogP contribution in [0.15, 0.2) is 29.2 Å². The maximum atomic E-state index is 12.5. The van der Waals surface area contributed by atoms with Crippen LogP contribution < -0.4 is 10.0 Å². The highest BCUT2D eigenvalue weighted by atomic mass is 32.2. The fourth-order valence-electron chi connectivity index (χ4n) is 3.30. The third kappa shape index (κ3) is 4.62. The Balaban J connectivity index is 1.68. The highest BCUT2D eigenvalue weighted by Crippen LogP contribution is 2.25. The summed E-state index contributed by atoms with van der Waals surface area (Å²) in [6.07, 6.45) is 5.61. The van der Waals surface area contributed by atoms with E-state index in [1.807, 2.05) is 0 Å². The number of benzene rings is 1. The molecule has 0 heterocycles. The van der Waals surface area contributed by atoms with E-state index < -0.39 is 28.0 Å². The number of amides is 1. The van der Waals surface area contributed by atoms with Crippen LogP contribution in [0.4, 0.5) is 0 Å². The van der Waals surface area contributed by atoms with Gasteiger partial charge in [-0.1, -0.05) is 19.3 Å². The van der Waals surface area contributed by atoms with Crippen LogP contribution in [-0.4, -0.2) is 37.5 Å². The highest BCUT2D eigenvalue weighted by Gasteiger charge is 2.31. The van der Waals surface area contributed by atoms with Crippen molar-refractivity contribution in [2.24, 2.45) is 5.92 Å². The lowest BCUT2D eigenvalue weighted by molar-refractivity contribution is -0.142. The predicted molar refractivity (Wildman–Crippen MR) is 95.3 cm³/mol. The first-order valence-corrected chi connectivity index (χ1v) is 10.5. The largest absolute Gasteiger partial charge is 0.481 e. The fourth-order valence-corrected chi connectivity index (χ4v) is 4.61. The van der Waals surface area contributed by atoms with E-state index in [4.69, 9.17) is 0 Å². The molecule has 0 aliphatic heterocycles. The van der Waals surface area contributed by atoms with Crippen molar-refractivity contribution in [3.05, 3.63) is 29.8 Å². The lowest BCUT2D eigenvalue weighted by Crippen LogP contribution is -2.42. The fraction of sp³-hybridized carbons (Fsp3) is 0.556. The van der Waals surface area contributed by atoms with Crippen molar-refractivity contribution < 1.29 is 23.1 Å². The predicted octanol–water partition coefficient (Wildman–Crippen LogP) is 1.89. The Bertz CT molecular complexity index is 771. The molecule has 0 saturated heterocycles. The van der Waals surface area contributed by atoms with Gasteiger partial charge in [0.2, 0.25) is 10.0 Å². The van der Waals surface area contributed by atoms with E-state index in [0.717, 1.165) is 32.1 Å². The average molecular weight is 380 g/mol. The molecule has 8 heteroatoms. The minimum Gasteiger partial charge on any atom is -0.481 e. The summed E-state index contributed by atoms with van der Waals surface area (Å²) in [5.74, 6) is -1.84. The standard InChI is InChI=1S/C18H24N2O5S/c21-17(19-16-5-3-1-2-4-15(16)18(22)23)12-6-10-14(11-7-12)26(24,25)20-13-8-9-13/h6-7,10-11,13,15-16,20H,1-5,8-9H2,(H,19,21)(H,22,23)/t15-,16+/m1/s1. The molecule has 2 saturated carbocycles. The van der Waals surface area contributed by atoms with E-state index in [9.17, 15) is 23.1 Å². The Labute approximate surface area is 153 Å². The lowest BCUT2D eigenvalue weighted by Gasteiger charge is -2.23. The maximum Gasteiger partial charge on any atom is 0.308 e. The molecule has 0 aromatic heterocycles. The second-order valence-corrected chi connectivity index (χ2v) is 8.80. The molecule has 2 aliphatic rings. The molecule has 0 radical (unpaired) electrons. The summed E-state index contributed by atoms with van der Waals surface area (Å²) >= 11 is 0. The Morgan fingerprint density at radius 1 is 0.962 bits per heavy atom. The van der Waals surface area contributed by atoms with Crippen molar-refractivity contribution in [2.45, 2.75) is 61.9 Å². The van der Waals surface area contributed by atoms with Crippen LogP contribution in [0.25, 0.3) is 0 Å². The molecule has 0 unspecified atom stereocenters. The number of carbonyl (C=O) groups excluding carboxylic acids is 1. The van der Waals surface area contributed by atoms with Gasteiger partial charge in [0, 0.05) is 17.6 Å². The minimum atomic E-state index is -3.55. The molecule has 1 aromatic rings. The molecule has 1 amide bonds. The second-order valence-electron chi connectivity index (χ2n) is 7.08. The molecule has 3 N–H and O–H groups in total. The Hall–Kier alpha value is -1.93. The van der Waals surface area contributed by atoms with Crippen molar-refractivity contribution in [1.82, 2.24) is 10.0 Å². The number of carboxylic acid groups (broad SMARTS) is 1. The molecule has 142 valence electrons. The third-order valence-electron chi connectivity index (χ3n) is 4.98. The Morgan fingerprint density at radius 2 is 1.62 bits per heavy atom. The highest BCUT2D eigenvalue weighted by molar-refractivity contribution is 7.89. The van der Waals surface area contributed by atoms with Gasteiger partial charge in [-0.25, -0.2) is 13.1 Å². The lowest BCUT2D eigenvalue weighted by atomic mass is 9.94. The first kappa shape index (κ1) is 18.8. The molecule has 0 bridgehead atoms. The Morgan fingerprint density at radius 3 is 2.23 bits per heavy atom. The van der Waals surface area contributed by atoms with Crippen molar-refractivity contribution in [2.75, 3.05) is 0 Å². The van der Waals surface area contributed by atoms with Crippen LogP contribution in [0.5, 0.6) is 0 Å². The number of hydrogen-bond donors (Lipinski definition) is 3. The number of hydrogen-bond acceptors (Lipinski definition) is 4. The van der Waals surface area contributed by atoms with Gasteiger partial charge >= 0.3 is 5.97 Å². The van der Waals surface area contributed by atoms with Crippen molar-refractivity contribution in [3.63, 3.8) is 0 Å². The van der Waals surface area contributed by atoms with Crippen LogP contribution in [0, 0.1) is 5.92 Å². The minimum absolute atomic E-state index is 0.0196. The van der Waals surface area contributed by atoms with Crippen LogP contribution >= 0.6 is 0 Å². The van der Waals surface area contributed by atoms with Gasteiger partial charge in [0.1, 0.15) is 0 Å². The zero-order valence-electron chi connectivity index (χ0n) is 14.5. The molecule has 1 aromatic carbocycles. The van der Waals surface area contributed by atoms with E-state index in [0.29, 0.717) is 18.4 Å². The van der Waals surface area contributed by atoms with Gasteiger partial charge in [0.15, 0.2) is 0 Å². The monoisotopic (exact) mass is 380 g/mol. The average Bonchev–Trinajstić information content (AvgIpc) is 3.42. The molecule has 3 rings (SSSR count). The number of aliphatic carboxylic acids is 1. The second kappa shape index (κ2) is 7.75. The number of carbonyl (C=O) groups is 2. The summed E-state index contributed by atoms with van der Waals surface area (Å²) in [5, 5.41) is 12.2. The number of rotatable bonds is 6. The summed E-state index contributed by atoms with van der Waals surface area (Å²) < 4.78 is 26.9. The van der Waals surface area contributed by atoms with Gasteiger partial charge in [-0.2, -0.15) is 0 Å². The quantitative estimate of drug-likeness (QED) is 0.653. The summed E-state index contributed by atoms with van der Waals surface area (Å²) in [7, 11) is -3.55. The smallest absolute Gasteiger partial charge is 0.308 e. The molecule has 2 aliphatic carbocycles. The number of carboxylic acids is 1. The summed E-state index contributed by atoms with van der Waals surface area (Å²) in [5.41, 5.74) is 0.323. The SMILES string of the molecule is O=C(N[C@H]1CCCCC[C@H]1C(=O)O)c1ccc(S(=O)(=O)NC2CC2)cc1. The van der Waals surface area contributed by atoms with E-state index in [1.54, 1.807) is 0 Å². The first-order chi connectivity index (χ1) is 12.4. The summed E-state index contributed by atoms with van der Waals surface area (Å²) in [6.45, 7) is 0. The summed E-state index contributed by atoms with van der Waals surface area (Å²) in [4.78, 5) is 24.1. The van der Waals surface area contributed by atoms with E-state index in [-0.39, 0.29) is 16.8 Å². The molecular weight excluding hydrogens is 356 g/mol. The van der Waals surface area contributed by atoms with E-state index in [1.165, 1.54) is 24.3 Å². The van der Waals surface area contributed by atoms with Gasteiger partial charge in [0.25, 0.3) is 5.91 Å². The van der Waals surface area contributed by atoms with Gasteiger partial charge < -0.3 is 10.4 Å². The van der Waals surface area contributed by atoms with Crippen molar-refractivity contribution in [3.8, 4) is 0 Å². The van der Waals surface area contributed by atoms with Gasteiger partial charge in [0.05, 0.1) is 10.8 Å². The topological polar surface area (TPSA) is 113 Å². The van der Waals surface area contributed by atoms with Gasteiger partial charge in [-0.05, 0) is 49.9 Å². The molecule has 2 atom stereocenters. The van der Waals surface area contributed by atoms with Crippen molar-refractivity contribution >= 4 is 21.9 Å². The molecule has 2 fully saturated rings. The van der Waals surface area contributed by atoms with Crippen LogP contribution in [-0.2, 0) is 14.8 Å². The van der Waals surface area contributed by atoms with E-state index in [2.05, 4.69) is 10.0 Å². The van der Waals surface area contributed by atoms with Crippen LogP contribution in [0.3, 0.4) is 0 Å². The molecule has 26 heavy (non-hydrogen) atoms. The van der Waals surface area contributed by atoms with Crippen LogP contribution in [0.1, 0.15) is 55.3 Å². The zero-order chi connectivity index (χ0) is 18.7. The zero-order valence-corrected chi connectivity index (χ0v) is 15.3. The van der Waals surface area contributed by atoms with Gasteiger partial charge in [-0.15, -0.1) is 0 Å². The third-order valence-corrected chi connectivity index (χ3v) is 6.51. The van der Waals surface area contributed by atoms with Gasteiger partial charge in [-0.3, -0.25) is 9.59 Å². The van der Waals surface area contributed by atoms with Crippen LogP contribution in [0.2, 0.25) is 0 Å². The van der Waals surface area contributed by atoms with E-state index >= 15 is 0 Å². The first-order valence-electron chi connectivity index (χ1n) is 9.03. The molecular formula is C18H24N2O5S. The Kier molecular flexibility index (Phi) is 5.62. The number of sulfonamides is 1. The van der Waals surface area contributed by atoms with Crippen molar-refractivity contribution in [1.29, 1.82) is 0 Å². The normalized spacial score (nSPS) is 23.8. The molecule has 7 nitrogen and oxygen atoms in total. The number of nitrogens with one attached hydrogen (secondary N) is 2. The maximum absolute atomic E-state index is 12.5.